The zero-order valence-corrected chi connectivity index (χ0v) is 8.86. The minimum atomic E-state index is 0.486. The van der Waals surface area contributed by atoms with E-state index in [9.17, 15) is 0 Å². The highest BCUT2D eigenvalue weighted by atomic mass is 31.0. The first kappa shape index (κ1) is 9.48. The summed E-state index contributed by atoms with van der Waals surface area (Å²) in [6, 6.07) is 0. The van der Waals surface area contributed by atoms with Crippen LogP contribution in [0.15, 0.2) is 0 Å². The van der Waals surface area contributed by atoms with Gasteiger partial charge < -0.3 is 4.52 Å². The molecule has 0 aromatic rings. The van der Waals surface area contributed by atoms with Crippen molar-refractivity contribution in [1.29, 1.82) is 0 Å². The molecule has 1 saturated carbocycles. The fourth-order valence-electron chi connectivity index (χ4n) is 2.21. The Morgan fingerprint density at radius 1 is 1.36 bits per heavy atom. The predicted octanol–water partition coefficient (Wildman–Crippen LogP) is 2.86. The topological polar surface area (TPSA) is 9.23 Å². The molecule has 0 saturated heterocycles. The third-order valence-electron chi connectivity index (χ3n) is 3.39. The summed E-state index contributed by atoms with van der Waals surface area (Å²) in [7, 11) is 2.40. The Morgan fingerprint density at radius 2 is 2.00 bits per heavy atom. The largest absolute Gasteiger partial charge is 0.362 e. The maximum absolute atomic E-state index is 5.34. The molecule has 0 aliphatic heterocycles. The van der Waals surface area contributed by atoms with Crippen LogP contribution in [-0.4, -0.2) is 6.10 Å². The molecule has 0 heterocycles. The molecule has 2 heteroatoms. The predicted molar refractivity (Wildman–Crippen MR) is 51.3 cm³/mol. The normalized spacial score (nSPS) is 44.7. The van der Waals surface area contributed by atoms with Gasteiger partial charge in [-0.15, -0.1) is 0 Å². The second-order valence-electron chi connectivity index (χ2n) is 3.80. The van der Waals surface area contributed by atoms with Gasteiger partial charge in [0.25, 0.3) is 0 Å². The number of rotatable bonds is 2. The quantitative estimate of drug-likeness (QED) is 0.585. The Bertz CT molecular complexity index is 109. The molecule has 1 rings (SSSR count). The van der Waals surface area contributed by atoms with Crippen LogP contribution in [-0.2, 0) is 4.52 Å². The smallest absolute Gasteiger partial charge is 0.0641 e. The summed E-state index contributed by atoms with van der Waals surface area (Å²) in [5.41, 5.74) is 0. The lowest BCUT2D eigenvalue weighted by Crippen LogP contribution is -2.14. The Labute approximate surface area is 72.2 Å². The van der Waals surface area contributed by atoms with E-state index in [4.69, 9.17) is 4.52 Å². The summed E-state index contributed by atoms with van der Waals surface area (Å²) in [5.74, 6) is 2.46. The number of hydrogen-bond donors (Lipinski definition) is 0. The van der Waals surface area contributed by atoms with Crippen molar-refractivity contribution in [2.24, 2.45) is 17.8 Å². The van der Waals surface area contributed by atoms with Crippen molar-refractivity contribution in [1.82, 2.24) is 0 Å². The molecule has 0 amide bonds. The maximum atomic E-state index is 5.34. The van der Waals surface area contributed by atoms with E-state index in [0.29, 0.717) is 6.10 Å². The molecule has 11 heavy (non-hydrogen) atoms. The average molecular weight is 174 g/mol. The van der Waals surface area contributed by atoms with E-state index in [1.54, 1.807) is 0 Å². The van der Waals surface area contributed by atoms with Gasteiger partial charge in [-0.3, -0.25) is 0 Å². The lowest BCUT2D eigenvalue weighted by atomic mass is 9.91. The lowest BCUT2D eigenvalue weighted by Gasteiger charge is -2.17. The third kappa shape index (κ3) is 1.76. The summed E-state index contributed by atoms with van der Waals surface area (Å²) in [5, 5.41) is 0. The molecule has 0 spiro atoms. The van der Waals surface area contributed by atoms with Crippen LogP contribution in [0.2, 0.25) is 0 Å². The van der Waals surface area contributed by atoms with E-state index in [2.05, 4.69) is 30.2 Å². The van der Waals surface area contributed by atoms with Crippen LogP contribution >= 0.6 is 9.47 Å². The summed E-state index contributed by atoms with van der Waals surface area (Å²) < 4.78 is 5.34. The highest BCUT2D eigenvalue weighted by Crippen LogP contribution is 2.40. The first-order valence-corrected chi connectivity index (χ1v) is 5.03. The molecule has 1 aliphatic rings. The van der Waals surface area contributed by atoms with Gasteiger partial charge in [-0.05, 0) is 24.2 Å². The van der Waals surface area contributed by atoms with Gasteiger partial charge in [-0.25, -0.2) is 0 Å². The van der Waals surface area contributed by atoms with Crippen LogP contribution in [0.4, 0.5) is 0 Å². The highest BCUT2D eigenvalue weighted by molar-refractivity contribution is 7.09. The molecule has 1 fully saturated rings. The monoisotopic (exact) mass is 174 g/mol. The van der Waals surface area contributed by atoms with E-state index in [1.165, 1.54) is 12.8 Å². The van der Waals surface area contributed by atoms with Crippen LogP contribution in [0, 0.1) is 17.8 Å². The summed E-state index contributed by atoms with van der Waals surface area (Å²) in [6.45, 7) is 6.93. The molecule has 0 radical (unpaired) electrons. The first-order chi connectivity index (χ1) is 5.20. The Kier molecular flexibility index (Phi) is 3.33. The van der Waals surface area contributed by atoms with Gasteiger partial charge in [0.1, 0.15) is 0 Å². The molecule has 1 aliphatic carbocycles. The SMILES string of the molecule is CC[C@H]1C[C@@H](OP)C(C)C1C. The van der Waals surface area contributed by atoms with Gasteiger partial charge in [0.05, 0.1) is 6.10 Å². The molecular weight excluding hydrogens is 155 g/mol. The van der Waals surface area contributed by atoms with E-state index in [1.807, 2.05) is 0 Å². The molecule has 66 valence electrons. The molecule has 0 aromatic carbocycles. The van der Waals surface area contributed by atoms with Gasteiger partial charge >= 0.3 is 0 Å². The van der Waals surface area contributed by atoms with Crippen LogP contribution in [0.25, 0.3) is 0 Å². The Hall–Kier alpha value is 0.390. The van der Waals surface area contributed by atoms with Gasteiger partial charge in [-0.1, -0.05) is 27.2 Å². The van der Waals surface area contributed by atoms with E-state index in [0.717, 1.165) is 17.8 Å². The van der Waals surface area contributed by atoms with Crippen molar-refractivity contribution < 1.29 is 4.52 Å². The molecule has 0 N–H and O–H groups in total. The summed E-state index contributed by atoms with van der Waals surface area (Å²) in [4.78, 5) is 0. The molecule has 0 bridgehead atoms. The van der Waals surface area contributed by atoms with Crippen LogP contribution in [0.1, 0.15) is 33.6 Å². The zero-order valence-electron chi connectivity index (χ0n) is 7.71. The molecule has 5 atom stereocenters. The molecule has 3 unspecified atom stereocenters. The lowest BCUT2D eigenvalue weighted by molar-refractivity contribution is 0.184. The average Bonchev–Trinajstić information content (AvgIpc) is 2.30. The van der Waals surface area contributed by atoms with Crippen molar-refractivity contribution in [3.63, 3.8) is 0 Å². The first-order valence-electron chi connectivity index (χ1n) is 4.56. The standard InChI is InChI=1S/C9H19OP/c1-4-8-5-9(10-11)7(3)6(8)2/h6-9H,4-5,11H2,1-3H3/t6?,7?,8-,9+/m0/s1. The zero-order chi connectivity index (χ0) is 8.43. The van der Waals surface area contributed by atoms with Crippen molar-refractivity contribution in [2.75, 3.05) is 0 Å². The Morgan fingerprint density at radius 3 is 2.27 bits per heavy atom. The molecule has 1 nitrogen and oxygen atoms in total. The summed E-state index contributed by atoms with van der Waals surface area (Å²) >= 11 is 0. The van der Waals surface area contributed by atoms with E-state index in [-0.39, 0.29) is 0 Å². The van der Waals surface area contributed by atoms with Gasteiger partial charge in [0, 0.05) is 9.47 Å². The van der Waals surface area contributed by atoms with Crippen molar-refractivity contribution >= 4 is 9.47 Å². The fourth-order valence-corrected chi connectivity index (χ4v) is 2.57. The number of hydrogen-bond acceptors (Lipinski definition) is 1. The van der Waals surface area contributed by atoms with Crippen molar-refractivity contribution in [3.05, 3.63) is 0 Å². The van der Waals surface area contributed by atoms with Crippen LogP contribution in [0.3, 0.4) is 0 Å². The van der Waals surface area contributed by atoms with Gasteiger partial charge in [0.2, 0.25) is 0 Å². The van der Waals surface area contributed by atoms with Crippen molar-refractivity contribution in [3.8, 4) is 0 Å². The fraction of sp³-hybridized carbons (Fsp3) is 1.00. The highest BCUT2D eigenvalue weighted by Gasteiger charge is 2.36. The van der Waals surface area contributed by atoms with E-state index < -0.39 is 0 Å². The van der Waals surface area contributed by atoms with Gasteiger partial charge in [0.15, 0.2) is 0 Å². The third-order valence-corrected chi connectivity index (χ3v) is 3.74. The van der Waals surface area contributed by atoms with Crippen LogP contribution in [0.5, 0.6) is 0 Å². The Balaban J connectivity index is 2.53. The second kappa shape index (κ2) is 3.87. The second-order valence-corrected chi connectivity index (χ2v) is 4.07. The van der Waals surface area contributed by atoms with E-state index >= 15 is 0 Å². The van der Waals surface area contributed by atoms with Crippen molar-refractivity contribution in [2.45, 2.75) is 39.7 Å². The summed E-state index contributed by atoms with van der Waals surface area (Å²) in [6.07, 6.45) is 3.04. The molecular formula is C9H19OP. The maximum Gasteiger partial charge on any atom is 0.0641 e. The van der Waals surface area contributed by atoms with Gasteiger partial charge in [-0.2, -0.15) is 0 Å². The molecule has 0 aromatic heterocycles. The minimum Gasteiger partial charge on any atom is -0.362 e. The van der Waals surface area contributed by atoms with Crippen LogP contribution < -0.4 is 0 Å². The minimum absolute atomic E-state index is 0.486.